The van der Waals surface area contributed by atoms with E-state index in [9.17, 15) is 14.4 Å². The molecule has 1 fully saturated rings. The lowest BCUT2D eigenvalue weighted by molar-refractivity contribution is -0.122. The van der Waals surface area contributed by atoms with Gasteiger partial charge in [0.1, 0.15) is 17.5 Å². The summed E-state index contributed by atoms with van der Waals surface area (Å²) in [6.45, 7) is 8.01. The van der Waals surface area contributed by atoms with Gasteiger partial charge in [-0.2, -0.15) is 5.26 Å². The predicted octanol–water partition coefficient (Wildman–Crippen LogP) is 2.97. The lowest BCUT2D eigenvalue weighted by Gasteiger charge is -2.36. The van der Waals surface area contributed by atoms with Crippen LogP contribution in [0.25, 0.3) is 0 Å². The second kappa shape index (κ2) is 6.82. The number of benzene rings is 1. The van der Waals surface area contributed by atoms with Crippen LogP contribution in [0.5, 0.6) is 0 Å². The van der Waals surface area contributed by atoms with Crippen LogP contribution < -0.4 is 4.90 Å². The summed E-state index contributed by atoms with van der Waals surface area (Å²) in [7, 11) is 0. The van der Waals surface area contributed by atoms with Crippen molar-refractivity contribution >= 4 is 11.5 Å². The third-order valence-electron chi connectivity index (χ3n) is 3.87. The van der Waals surface area contributed by atoms with E-state index in [1.807, 2.05) is 21.9 Å². The van der Waals surface area contributed by atoms with Crippen molar-refractivity contribution in [1.82, 2.24) is 4.90 Å². The standard InChI is InChI=1S/C18H22FN3O/c1-18(2,3)17(23)14(12-20)13-21-8-10-22(11-9-21)16-7-5-4-6-15(16)19/h4-7,13H,8-11H2,1-3H3. The number of hydrogen-bond donors (Lipinski definition) is 0. The number of halogens is 1. The van der Waals surface area contributed by atoms with Gasteiger partial charge in [0.05, 0.1) is 5.69 Å². The summed E-state index contributed by atoms with van der Waals surface area (Å²) in [5.74, 6) is -0.381. The van der Waals surface area contributed by atoms with Gasteiger partial charge in [-0.25, -0.2) is 4.39 Å². The average Bonchev–Trinajstić information content (AvgIpc) is 2.52. The number of anilines is 1. The average molecular weight is 315 g/mol. The molecule has 0 radical (unpaired) electrons. The first-order valence-corrected chi connectivity index (χ1v) is 7.73. The van der Waals surface area contributed by atoms with Crippen molar-refractivity contribution in [2.75, 3.05) is 31.1 Å². The zero-order valence-electron chi connectivity index (χ0n) is 13.8. The van der Waals surface area contributed by atoms with E-state index >= 15 is 0 Å². The van der Waals surface area contributed by atoms with Crippen LogP contribution in [0, 0.1) is 22.6 Å². The molecule has 4 nitrogen and oxygen atoms in total. The Morgan fingerprint density at radius 2 is 1.83 bits per heavy atom. The second-order valence-electron chi connectivity index (χ2n) is 6.71. The fourth-order valence-electron chi connectivity index (χ4n) is 2.52. The Morgan fingerprint density at radius 3 is 2.35 bits per heavy atom. The summed E-state index contributed by atoms with van der Waals surface area (Å²) < 4.78 is 13.8. The SMILES string of the molecule is CC(C)(C)C(=O)C(C#N)=CN1CCN(c2ccccc2F)CC1. The third kappa shape index (κ3) is 4.10. The molecule has 1 aliphatic rings. The zero-order chi connectivity index (χ0) is 17.0. The minimum atomic E-state index is -0.573. The van der Waals surface area contributed by atoms with Gasteiger partial charge in [-0.15, -0.1) is 0 Å². The molecule has 1 saturated heterocycles. The summed E-state index contributed by atoms with van der Waals surface area (Å²) in [6, 6.07) is 8.72. The maximum atomic E-state index is 13.8. The molecule has 0 saturated carbocycles. The van der Waals surface area contributed by atoms with Crippen molar-refractivity contribution in [2.24, 2.45) is 5.41 Å². The van der Waals surface area contributed by atoms with E-state index in [1.165, 1.54) is 6.07 Å². The van der Waals surface area contributed by atoms with E-state index in [0.29, 0.717) is 31.9 Å². The molecule has 1 aromatic rings. The molecule has 0 unspecified atom stereocenters. The molecule has 0 aliphatic carbocycles. The normalized spacial score (nSPS) is 16.2. The number of piperazine rings is 1. The second-order valence-corrected chi connectivity index (χ2v) is 6.71. The van der Waals surface area contributed by atoms with E-state index in [0.717, 1.165) is 0 Å². The Bertz CT molecular complexity index is 647. The number of carbonyl (C=O) groups is 1. The lowest BCUT2D eigenvalue weighted by Crippen LogP contribution is -2.44. The number of Topliss-reactive ketones (excluding diaryl/α,β-unsaturated/α-hetero) is 1. The molecule has 2 rings (SSSR count). The van der Waals surface area contributed by atoms with Gasteiger partial charge in [-0.3, -0.25) is 4.79 Å². The lowest BCUT2D eigenvalue weighted by atomic mass is 9.87. The highest BCUT2D eigenvalue weighted by Gasteiger charge is 2.26. The number of nitriles is 1. The summed E-state index contributed by atoms with van der Waals surface area (Å²) in [5, 5.41) is 9.23. The molecule has 0 N–H and O–H groups in total. The molecule has 1 aliphatic heterocycles. The maximum Gasteiger partial charge on any atom is 0.180 e. The van der Waals surface area contributed by atoms with E-state index < -0.39 is 5.41 Å². The van der Waals surface area contributed by atoms with Gasteiger partial charge >= 0.3 is 0 Å². The molecule has 1 aromatic carbocycles. The number of para-hydroxylation sites is 1. The van der Waals surface area contributed by atoms with Crippen LogP contribution >= 0.6 is 0 Å². The van der Waals surface area contributed by atoms with E-state index in [2.05, 4.69) is 0 Å². The molecule has 5 heteroatoms. The highest BCUT2D eigenvalue weighted by atomic mass is 19.1. The Hall–Kier alpha value is -2.35. The van der Waals surface area contributed by atoms with Crippen molar-refractivity contribution in [3.63, 3.8) is 0 Å². The maximum absolute atomic E-state index is 13.8. The monoisotopic (exact) mass is 315 g/mol. The van der Waals surface area contributed by atoms with Gasteiger partial charge in [-0.05, 0) is 12.1 Å². The molecular weight excluding hydrogens is 293 g/mol. The van der Waals surface area contributed by atoms with Gasteiger partial charge < -0.3 is 9.80 Å². The van der Waals surface area contributed by atoms with E-state index in [-0.39, 0.29) is 17.2 Å². The largest absolute Gasteiger partial charge is 0.373 e. The molecule has 0 spiro atoms. The van der Waals surface area contributed by atoms with Crippen LogP contribution in [0.2, 0.25) is 0 Å². The van der Waals surface area contributed by atoms with Crippen molar-refractivity contribution in [1.29, 1.82) is 5.26 Å². The topological polar surface area (TPSA) is 47.3 Å². The summed E-state index contributed by atoms with van der Waals surface area (Å²) in [5.41, 5.74) is 0.204. The molecule has 23 heavy (non-hydrogen) atoms. The number of carbonyl (C=O) groups excluding carboxylic acids is 1. The molecule has 122 valence electrons. The number of rotatable bonds is 3. The summed E-state index contributed by atoms with van der Waals surface area (Å²) in [4.78, 5) is 16.2. The highest BCUT2D eigenvalue weighted by molar-refractivity contribution is 6.02. The smallest absolute Gasteiger partial charge is 0.180 e. The molecule has 0 bridgehead atoms. The minimum absolute atomic E-state index is 0.156. The van der Waals surface area contributed by atoms with Crippen LogP contribution in [0.4, 0.5) is 10.1 Å². The number of allylic oxidation sites excluding steroid dienone is 1. The summed E-state index contributed by atoms with van der Waals surface area (Å²) >= 11 is 0. The van der Waals surface area contributed by atoms with Crippen molar-refractivity contribution in [3.8, 4) is 6.07 Å². The number of nitrogens with zero attached hydrogens (tertiary/aromatic N) is 3. The Morgan fingerprint density at radius 1 is 1.22 bits per heavy atom. The first kappa shape index (κ1) is 17.0. The first-order chi connectivity index (χ1) is 10.8. The van der Waals surface area contributed by atoms with E-state index in [1.54, 1.807) is 39.1 Å². The minimum Gasteiger partial charge on any atom is -0.373 e. The highest BCUT2D eigenvalue weighted by Crippen LogP contribution is 2.22. The zero-order valence-corrected chi connectivity index (χ0v) is 13.8. The van der Waals surface area contributed by atoms with Gasteiger partial charge in [0.2, 0.25) is 0 Å². The molecular formula is C18H22FN3O. The molecule has 0 atom stereocenters. The van der Waals surface area contributed by atoms with E-state index in [4.69, 9.17) is 0 Å². The van der Waals surface area contributed by atoms with Crippen molar-refractivity contribution < 1.29 is 9.18 Å². The molecule has 1 heterocycles. The van der Waals surface area contributed by atoms with Crippen LogP contribution in [0.15, 0.2) is 36.0 Å². The van der Waals surface area contributed by atoms with Crippen LogP contribution in [-0.2, 0) is 4.79 Å². The van der Waals surface area contributed by atoms with Crippen molar-refractivity contribution in [2.45, 2.75) is 20.8 Å². The summed E-state index contributed by atoms with van der Waals surface area (Å²) in [6.07, 6.45) is 1.65. The van der Waals surface area contributed by atoms with Gasteiger partial charge in [0.15, 0.2) is 5.78 Å². The van der Waals surface area contributed by atoms with Crippen LogP contribution in [0.3, 0.4) is 0 Å². The molecule has 0 aromatic heterocycles. The Balaban J connectivity index is 2.04. The van der Waals surface area contributed by atoms with Gasteiger partial charge in [0, 0.05) is 37.8 Å². The van der Waals surface area contributed by atoms with Gasteiger partial charge in [0.25, 0.3) is 0 Å². The Labute approximate surface area is 136 Å². The predicted molar refractivity (Wildman–Crippen MR) is 88.3 cm³/mol. The quantitative estimate of drug-likeness (QED) is 0.635. The van der Waals surface area contributed by atoms with Gasteiger partial charge in [-0.1, -0.05) is 32.9 Å². The van der Waals surface area contributed by atoms with Crippen molar-refractivity contribution in [3.05, 3.63) is 41.9 Å². The first-order valence-electron chi connectivity index (χ1n) is 7.73. The fraction of sp³-hybridized carbons (Fsp3) is 0.444. The third-order valence-corrected chi connectivity index (χ3v) is 3.87. The number of ketones is 1. The number of hydrogen-bond acceptors (Lipinski definition) is 4. The Kier molecular flexibility index (Phi) is 5.05. The fourth-order valence-corrected chi connectivity index (χ4v) is 2.52. The molecule has 0 amide bonds. The van der Waals surface area contributed by atoms with Crippen LogP contribution in [0.1, 0.15) is 20.8 Å². The van der Waals surface area contributed by atoms with Crippen LogP contribution in [-0.4, -0.2) is 36.9 Å².